The zero-order valence-corrected chi connectivity index (χ0v) is 8.14. The van der Waals surface area contributed by atoms with Crippen LogP contribution >= 0.6 is 7.94 Å². The van der Waals surface area contributed by atoms with E-state index in [4.69, 9.17) is 13.6 Å². The van der Waals surface area contributed by atoms with Crippen molar-refractivity contribution in [3.8, 4) is 0 Å². The van der Waals surface area contributed by atoms with Crippen molar-refractivity contribution in [1.82, 2.24) is 0 Å². The molecule has 0 aliphatic heterocycles. The molecule has 0 heterocycles. The van der Waals surface area contributed by atoms with Gasteiger partial charge in [-0.1, -0.05) is 0 Å². The Morgan fingerprint density at radius 3 is 1.70 bits per heavy atom. The maximum absolute atomic E-state index is 5.31. The summed E-state index contributed by atoms with van der Waals surface area (Å²) in [7, 11) is -0.601. The first-order valence-electron chi connectivity index (χ1n) is 3.51. The van der Waals surface area contributed by atoms with Gasteiger partial charge in [0.25, 0.3) is 0 Å². The van der Waals surface area contributed by atoms with Crippen LogP contribution in [0.4, 0.5) is 0 Å². The summed E-state index contributed by atoms with van der Waals surface area (Å²) in [5, 5.41) is 0. The Labute approximate surface area is 63.2 Å². The molecule has 64 valence electrons. The summed E-state index contributed by atoms with van der Waals surface area (Å²) in [5.41, 5.74) is 0. The number of hydrogen-bond donors (Lipinski definition) is 0. The van der Waals surface area contributed by atoms with Gasteiger partial charge in [0.1, 0.15) is 0 Å². The third kappa shape index (κ3) is 3.47. The van der Waals surface area contributed by atoms with Gasteiger partial charge in [-0.25, -0.2) is 0 Å². The molecule has 0 N–H and O–H groups in total. The Balaban J connectivity index is 3.69. The van der Waals surface area contributed by atoms with Gasteiger partial charge in [-0.15, -0.1) is 0 Å². The first kappa shape index (κ1) is 10.3. The molecule has 3 nitrogen and oxygen atoms in total. The zero-order chi connectivity index (χ0) is 8.04. The van der Waals surface area contributed by atoms with E-state index in [-0.39, 0.29) is 0 Å². The fraction of sp³-hybridized carbons (Fsp3) is 1.00. The zero-order valence-electron chi connectivity index (χ0n) is 7.14. The van der Waals surface area contributed by atoms with Gasteiger partial charge in [0.15, 0.2) is 0 Å². The van der Waals surface area contributed by atoms with E-state index in [2.05, 4.69) is 0 Å². The van der Waals surface area contributed by atoms with Crippen LogP contribution in [0.1, 0.15) is 13.8 Å². The molecule has 4 heteroatoms. The molecule has 0 rings (SSSR count). The topological polar surface area (TPSA) is 27.7 Å². The Morgan fingerprint density at radius 1 is 1.10 bits per heavy atom. The van der Waals surface area contributed by atoms with Crippen molar-refractivity contribution >= 4 is 7.94 Å². The molecule has 0 unspecified atom stereocenters. The van der Waals surface area contributed by atoms with Crippen LogP contribution < -0.4 is 0 Å². The Morgan fingerprint density at radius 2 is 1.50 bits per heavy atom. The molecule has 0 aliphatic carbocycles. The van der Waals surface area contributed by atoms with Gasteiger partial charge in [-0.05, 0) is 0 Å². The van der Waals surface area contributed by atoms with E-state index >= 15 is 0 Å². The van der Waals surface area contributed by atoms with E-state index in [1.807, 2.05) is 20.5 Å². The summed E-state index contributed by atoms with van der Waals surface area (Å²) in [5.74, 6) is 0. The monoisotopic (exact) mass is 168 g/mol. The van der Waals surface area contributed by atoms with Gasteiger partial charge in [-0.3, -0.25) is 0 Å². The summed E-state index contributed by atoms with van der Waals surface area (Å²) in [4.78, 5) is 0. The summed E-state index contributed by atoms with van der Waals surface area (Å²) >= 11 is 0. The average molecular weight is 168 g/mol. The molecule has 0 atom stereocenters. The van der Waals surface area contributed by atoms with Crippen LogP contribution in [-0.2, 0) is 13.6 Å². The molecule has 0 aromatic carbocycles. The predicted octanol–water partition coefficient (Wildman–Crippen LogP) is 1.83. The summed E-state index contributed by atoms with van der Waals surface area (Å²) in [6.45, 7) is 7.06. The molecule has 0 bridgehead atoms. The molecule has 0 saturated carbocycles. The first-order valence-corrected chi connectivity index (χ1v) is 5.74. The van der Waals surface area contributed by atoms with Crippen LogP contribution in [-0.4, -0.2) is 27.0 Å². The van der Waals surface area contributed by atoms with Crippen molar-refractivity contribution in [2.45, 2.75) is 13.8 Å². The third-order valence-corrected chi connectivity index (χ3v) is 3.55. The normalized spacial score (nSPS) is 13.6. The SMILES string of the molecule is CCO[PH](C)(OC)OCC. The van der Waals surface area contributed by atoms with Crippen LogP contribution in [0.2, 0.25) is 0 Å². The third-order valence-electron chi connectivity index (χ3n) is 1.18. The summed E-state index contributed by atoms with van der Waals surface area (Å²) in [6.07, 6.45) is 0. The van der Waals surface area contributed by atoms with Gasteiger partial charge >= 0.3 is 62.4 Å². The fourth-order valence-corrected chi connectivity index (χ4v) is 2.05. The molecular weight excluding hydrogens is 151 g/mol. The fourth-order valence-electron chi connectivity index (χ4n) is 0.684. The van der Waals surface area contributed by atoms with Crippen molar-refractivity contribution < 1.29 is 13.6 Å². The summed E-state index contributed by atoms with van der Waals surface area (Å²) in [6, 6.07) is 0. The van der Waals surface area contributed by atoms with Crippen LogP contribution in [0, 0.1) is 0 Å². The van der Waals surface area contributed by atoms with Crippen LogP contribution in [0.5, 0.6) is 0 Å². The Kier molecular flexibility index (Phi) is 5.18. The maximum atomic E-state index is 5.31. The molecule has 0 fully saturated rings. The molecule has 0 amide bonds. The molecule has 0 aromatic rings. The molecule has 0 saturated heterocycles. The summed E-state index contributed by atoms with van der Waals surface area (Å²) < 4.78 is 15.7. The minimum absolute atomic E-state index is 0.649. The molecule has 0 spiro atoms. The minimum atomic E-state index is -2.22. The van der Waals surface area contributed by atoms with Crippen molar-refractivity contribution in [3.63, 3.8) is 0 Å². The van der Waals surface area contributed by atoms with Crippen LogP contribution in [0.3, 0.4) is 0 Å². The van der Waals surface area contributed by atoms with Crippen molar-refractivity contribution in [3.05, 3.63) is 0 Å². The standard InChI is InChI=1S/C6H17O3P/c1-5-8-10(4,7-3)9-6-2/h10H,5-6H2,1-4H3. The molecule has 10 heavy (non-hydrogen) atoms. The van der Waals surface area contributed by atoms with Crippen molar-refractivity contribution in [2.75, 3.05) is 27.0 Å². The van der Waals surface area contributed by atoms with Gasteiger partial charge < -0.3 is 0 Å². The van der Waals surface area contributed by atoms with Gasteiger partial charge in [0, 0.05) is 0 Å². The van der Waals surface area contributed by atoms with Crippen molar-refractivity contribution in [1.29, 1.82) is 0 Å². The van der Waals surface area contributed by atoms with E-state index in [1.165, 1.54) is 0 Å². The first-order chi connectivity index (χ1) is 4.68. The second-order valence-corrected chi connectivity index (χ2v) is 4.64. The van der Waals surface area contributed by atoms with E-state index in [9.17, 15) is 0 Å². The van der Waals surface area contributed by atoms with E-state index in [0.29, 0.717) is 13.2 Å². The Bertz CT molecular complexity index is 81.1. The second-order valence-electron chi connectivity index (χ2n) is 1.93. The van der Waals surface area contributed by atoms with E-state index in [0.717, 1.165) is 0 Å². The molecule has 0 radical (unpaired) electrons. The van der Waals surface area contributed by atoms with Crippen LogP contribution in [0.15, 0.2) is 0 Å². The van der Waals surface area contributed by atoms with Gasteiger partial charge in [-0.2, -0.15) is 0 Å². The number of rotatable bonds is 5. The molecule has 0 aliphatic rings. The quantitative estimate of drug-likeness (QED) is 0.586. The predicted molar refractivity (Wildman–Crippen MR) is 44.5 cm³/mol. The van der Waals surface area contributed by atoms with Crippen LogP contribution in [0.25, 0.3) is 0 Å². The number of hydrogen-bond acceptors (Lipinski definition) is 3. The molecular formula is C6H17O3P. The van der Waals surface area contributed by atoms with Crippen molar-refractivity contribution in [2.24, 2.45) is 0 Å². The van der Waals surface area contributed by atoms with E-state index in [1.54, 1.807) is 7.11 Å². The second kappa shape index (κ2) is 5.03. The average Bonchev–Trinajstić information content (AvgIpc) is 1.89. The van der Waals surface area contributed by atoms with E-state index < -0.39 is 7.94 Å². The van der Waals surface area contributed by atoms with Gasteiger partial charge in [0.05, 0.1) is 0 Å². The molecule has 0 aromatic heterocycles. The Hall–Kier alpha value is 0.310. The van der Waals surface area contributed by atoms with Gasteiger partial charge in [0.2, 0.25) is 0 Å².